The van der Waals surface area contributed by atoms with Crippen molar-refractivity contribution in [2.45, 2.75) is 229 Å². The van der Waals surface area contributed by atoms with Crippen molar-refractivity contribution in [2.24, 2.45) is 88.8 Å². The molecule has 64 heavy (non-hydrogen) atoms. The fourth-order valence-corrected chi connectivity index (χ4v) is 13.2. The molecular weight excluding hydrogens is 777 g/mol. The van der Waals surface area contributed by atoms with Crippen LogP contribution in [0.15, 0.2) is 0 Å². The number of likely N-dealkylation sites (tertiary alicyclic amines) is 4. The molecule has 0 amide bonds. The van der Waals surface area contributed by atoms with E-state index >= 15 is 0 Å². The van der Waals surface area contributed by atoms with E-state index in [1.807, 2.05) is 55.4 Å². The zero-order valence-electron chi connectivity index (χ0n) is 45.9. The SMILES string of the molecule is C.C.C.CC.CC.CC.CC.CC(C)C1CC2CCCN(C)CC2C1.CC(C)C1CC2CCN(C)C2C1.CC(C)C1CC2CCN(C)CC2C1.CC(C)C1CC2CCN(C)CCC2C1. The number of nitrogens with zero attached hydrogens (tertiary/aromatic N) is 4. The lowest BCUT2D eigenvalue weighted by molar-refractivity contribution is 0.166. The van der Waals surface area contributed by atoms with Gasteiger partial charge in [-0.25, -0.2) is 0 Å². The molecule has 0 aromatic rings. The van der Waals surface area contributed by atoms with E-state index in [0.717, 1.165) is 94.8 Å². The molecule has 4 aliphatic carbocycles. The van der Waals surface area contributed by atoms with Crippen molar-refractivity contribution in [3.63, 3.8) is 0 Å². The summed E-state index contributed by atoms with van der Waals surface area (Å²) in [5.41, 5.74) is 0. The molecule has 0 aromatic carbocycles. The Morgan fingerprint density at radius 1 is 0.312 bits per heavy atom. The van der Waals surface area contributed by atoms with Gasteiger partial charge in [-0.3, -0.25) is 0 Å². The Morgan fingerprint density at radius 3 is 0.969 bits per heavy atom. The van der Waals surface area contributed by atoms with Gasteiger partial charge in [-0.05, 0) is 240 Å². The summed E-state index contributed by atoms with van der Waals surface area (Å²) in [4.78, 5) is 10.2. The number of piperidine rings is 1. The van der Waals surface area contributed by atoms with Gasteiger partial charge in [-0.15, -0.1) is 0 Å². The summed E-state index contributed by atoms with van der Waals surface area (Å²) >= 11 is 0. The van der Waals surface area contributed by atoms with E-state index in [2.05, 4.69) is 103 Å². The van der Waals surface area contributed by atoms with Crippen LogP contribution in [-0.4, -0.2) is 99.6 Å². The summed E-state index contributed by atoms with van der Waals surface area (Å²) in [6, 6.07) is 0.942. The highest BCUT2D eigenvalue weighted by Crippen LogP contribution is 2.47. The highest BCUT2D eigenvalue weighted by Gasteiger charge is 2.42. The van der Waals surface area contributed by atoms with E-state index in [4.69, 9.17) is 0 Å². The highest BCUT2D eigenvalue weighted by atomic mass is 15.2. The molecule has 11 unspecified atom stereocenters. The predicted molar refractivity (Wildman–Crippen MR) is 297 cm³/mol. The second-order valence-corrected chi connectivity index (χ2v) is 22.4. The van der Waals surface area contributed by atoms with Crippen LogP contribution < -0.4 is 0 Å². The summed E-state index contributed by atoms with van der Waals surface area (Å²) in [6.45, 7) is 44.6. The zero-order chi connectivity index (χ0) is 46.4. The molecule has 4 nitrogen and oxygen atoms in total. The Kier molecular flexibility index (Phi) is 39.1. The van der Waals surface area contributed by atoms with Gasteiger partial charge in [0.05, 0.1) is 0 Å². The van der Waals surface area contributed by atoms with E-state index in [0.29, 0.717) is 0 Å². The second kappa shape index (κ2) is 36.8. The lowest BCUT2D eigenvalue weighted by atomic mass is 9.89. The summed E-state index contributed by atoms with van der Waals surface area (Å²) in [6.07, 6.45) is 20.9. The van der Waals surface area contributed by atoms with Gasteiger partial charge in [0.15, 0.2) is 0 Å². The van der Waals surface area contributed by atoms with Crippen molar-refractivity contribution in [1.29, 1.82) is 0 Å². The van der Waals surface area contributed by atoms with E-state index in [1.54, 1.807) is 0 Å². The molecule has 8 fully saturated rings. The van der Waals surface area contributed by atoms with Crippen LogP contribution in [0.25, 0.3) is 0 Å². The number of rotatable bonds is 4. The van der Waals surface area contributed by atoms with Crippen LogP contribution in [0.3, 0.4) is 0 Å². The van der Waals surface area contributed by atoms with Crippen LogP contribution >= 0.6 is 0 Å². The van der Waals surface area contributed by atoms with E-state index in [9.17, 15) is 0 Å². The van der Waals surface area contributed by atoms with Gasteiger partial charge in [-0.1, -0.05) is 133 Å². The fourth-order valence-electron chi connectivity index (χ4n) is 13.2. The van der Waals surface area contributed by atoms with Gasteiger partial charge in [0.1, 0.15) is 0 Å². The monoisotopic (exact) mass is 907 g/mol. The molecular formula is C60H130N4. The van der Waals surface area contributed by atoms with Gasteiger partial charge in [0, 0.05) is 19.1 Å². The Morgan fingerprint density at radius 2 is 0.594 bits per heavy atom. The molecule has 4 heterocycles. The topological polar surface area (TPSA) is 13.0 Å². The van der Waals surface area contributed by atoms with Gasteiger partial charge >= 0.3 is 0 Å². The molecule has 11 atom stereocenters. The van der Waals surface area contributed by atoms with Crippen molar-refractivity contribution in [2.75, 3.05) is 74.0 Å². The van der Waals surface area contributed by atoms with Crippen molar-refractivity contribution in [1.82, 2.24) is 19.6 Å². The third kappa shape index (κ3) is 22.1. The Labute approximate surface area is 409 Å². The number of fused-ring (bicyclic) bond motifs is 4. The minimum Gasteiger partial charge on any atom is -0.306 e. The van der Waals surface area contributed by atoms with Crippen molar-refractivity contribution < 1.29 is 0 Å². The first-order valence-electron chi connectivity index (χ1n) is 27.9. The molecule has 8 aliphatic rings. The first-order chi connectivity index (χ1) is 29.2. The third-order valence-electron chi connectivity index (χ3n) is 17.4. The van der Waals surface area contributed by atoms with E-state index in [-0.39, 0.29) is 22.3 Å². The molecule has 4 saturated carbocycles. The largest absolute Gasteiger partial charge is 0.306 e. The molecule has 0 radical (unpaired) electrons. The molecule has 390 valence electrons. The van der Waals surface area contributed by atoms with E-state index < -0.39 is 0 Å². The lowest BCUT2D eigenvalue weighted by Crippen LogP contribution is -2.35. The average molecular weight is 908 g/mol. The Balaban J connectivity index is -0.000000725. The summed E-state index contributed by atoms with van der Waals surface area (Å²) in [5, 5.41) is 0. The predicted octanol–water partition coefficient (Wildman–Crippen LogP) is 17.0. The van der Waals surface area contributed by atoms with Crippen LogP contribution in [0, 0.1) is 88.8 Å². The molecule has 0 bridgehead atoms. The quantitative estimate of drug-likeness (QED) is 0.279. The number of hydrogen-bond donors (Lipinski definition) is 0. The molecule has 4 aliphatic heterocycles. The van der Waals surface area contributed by atoms with Gasteiger partial charge in [-0.2, -0.15) is 0 Å². The number of hydrogen-bond acceptors (Lipinski definition) is 4. The second-order valence-electron chi connectivity index (χ2n) is 22.4. The van der Waals surface area contributed by atoms with Gasteiger partial charge < -0.3 is 19.6 Å². The van der Waals surface area contributed by atoms with Gasteiger partial charge in [0.25, 0.3) is 0 Å². The maximum absolute atomic E-state index is 2.58. The first kappa shape index (κ1) is 68.1. The van der Waals surface area contributed by atoms with Crippen LogP contribution in [0.2, 0.25) is 0 Å². The van der Waals surface area contributed by atoms with Gasteiger partial charge in [0.2, 0.25) is 0 Å². The van der Waals surface area contributed by atoms with Crippen molar-refractivity contribution in [3.05, 3.63) is 0 Å². The molecule has 4 heteroatoms. The lowest BCUT2D eigenvalue weighted by Gasteiger charge is -2.32. The summed E-state index contributed by atoms with van der Waals surface area (Å²) in [5.74, 6) is 15.1. The Hall–Kier alpha value is -0.160. The fraction of sp³-hybridized carbons (Fsp3) is 1.00. The van der Waals surface area contributed by atoms with Crippen molar-refractivity contribution in [3.8, 4) is 0 Å². The maximum atomic E-state index is 2.58. The molecule has 0 aromatic heterocycles. The smallest absolute Gasteiger partial charge is 0.0124 e. The first-order valence-corrected chi connectivity index (χ1v) is 27.9. The molecule has 0 spiro atoms. The van der Waals surface area contributed by atoms with Crippen LogP contribution in [0.1, 0.15) is 223 Å². The highest BCUT2D eigenvalue weighted by molar-refractivity contribution is 4.95. The molecule has 0 N–H and O–H groups in total. The maximum Gasteiger partial charge on any atom is 0.0124 e. The zero-order valence-corrected chi connectivity index (χ0v) is 45.9. The molecule has 8 rings (SSSR count). The summed E-state index contributed by atoms with van der Waals surface area (Å²) < 4.78 is 0. The van der Waals surface area contributed by atoms with E-state index in [1.165, 1.54) is 136 Å². The summed E-state index contributed by atoms with van der Waals surface area (Å²) in [7, 11) is 9.15. The molecule has 4 saturated heterocycles. The standard InChI is InChI=1S/2C13H25N.C12H23N.C11H21N.4C2H6.3CH4/c1-10(2)13-8-11-4-6-14(3)7-5-12(11)9-13;1-10(2)12-7-11-5-4-6-14(3)9-13(11)8-12;1-9(2)11-6-10-4-5-13(3)8-12(10)7-11;1-8(2)10-6-9-4-5-12(3)11(9)7-10;4*1-2;;;/h2*10-13H,4-9H2,1-3H3;9-12H,4-8H2,1-3H3;8-11H,4-7H2,1-3H3;4*1-2H3;3*1H4. The van der Waals surface area contributed by atoms with Crippen LogP contribution in [0.5, 0.6) is 0 Å². The third-order valence-corrected chi connectivity index (χ3v) is 17.4. The van der Waals surface area contributed by atoms with Crippen molar-refractivity contribution >= 4 is 0 Å². The Bertz CT molecular complexity index is 1020. The minimum atomic E-state index is 0. The average Bonchev–Trinajstić information content (AvgIpc) is 4.08. The van der Waals surface area contributed by atoms with Crippen LogP contribution in [-0.2, 0) is 0 Å². The normalized spacial score (nSPS) is 34.1. The van der Waals surface area contributed by atoms with Crippen LogP contribution in [0.4, 0.5) is 0 Å². The minimum absolute atomic E-state index is 0.